The highest BCUT2D eigenvalue weighted by molar-refractivity contribution is 5.77. The number of carbonyl (C=O) groups excluding carboxylic acids is 1. The number of hydrogen-bond acceptors (Lipinski definition) is 3. The number of amides is 1. The Kier molecular flexibility index (Phi) is 6.38. The van der Waals surface area contributed by atoms with E-state index in [0.29, 0.717) is 11.7 Å². The van der Waals surface area contributed by atoms with E-state index in [-0.39, 0.29) is 6.61 Å². The number of nitrogens with one attached hydrogen (secondary N) is 1. The third-order valence-electron chi connectivity index (χ3n) is 2.72. The summed E-state index contributed by atoms with van der Waals surface area (Å²) in [4.78, 5) is 11.3. The smallest absolute Gasteiger partial charge is 0.265 e. The largest absolute Gasteiger partial charge is 0.484 e. The van der Waals surface area contributed by atoms with Gasteiger partial charge in [0.2, 0.25) is 0 Å². The van der Waals surface area contributed by atoms with E-state index in [9.17, 15) is 13.6 Å². The average molecular weight is 287 g/mol. The van der Waals surface area contributed by atoms with Crippen LogP contribution in [0.15, 0.2) is 24.3 Å². The molecule has 2 N–H and O–H groups in total. The van der Waals surface area contributed by atoms with Gasteiger partial charge in [-0.1, -0.05) is 26.0 Å². The lowest BCUT2D eigenvalue weighted by Crippen LogP contribution is -2.38. The predicted octanol–water partition coefficient (Wildman–Crippen LogP) is 1.93. The summed E-state index contributed by atoms with van der Waals surface area (Å²) >= 11 is 0. The fourth-order valence-electron chi connectivity index (χ4n) is 1.46. The Balaban J connectivity index is 2.34. The van der Waals surface area contributed by atoms with Crippen LogP contribution in [0.2, 0.25) is 0 Å². The first-order valence-corrected chi connectivity index (χ1v) is 6.35. The van der Waals surface area contributed by atoms with Crippen molar-refractivity contribution in [1.29, 1.82) is 0 Å². The van der Waals surface area contributed by atoms with E-state index in [1.165, 1.54) is 0 Å². The molecule has 0 radical (unpaired) electrons. The third-order valence-corrected chi connectivity index (χ3v) is 2.72. The normalized spacial score (nSPS) is 12.6. The van der Waals surface area contributed by atoms with Crippen molar-refractivity contribution >= 4 is 5.91 Å². The molecule has 1 atom stereocenters. The van der Waals surface area contributed by atoms with Crippen molar-refractivity contribution < 1.29 is 23.4 Å². The molecule has 0 saturated heterocycles. The number of carbonyl (C=O) groups is 1. The van der Waals surface area contributed by atoms with Gasteiger partial charge in [0.1, 0.15) is 11.9 Å². The van der Waals surface area contributed by atoms with Crippen molar-refractivity contribution in [3.8, 4) is 5.75 Å². The van der Waals surface area contributed by atoms with Crippen molar-refractivity contribution in [2.45, 2.75) is 32.3 Å². The quantitative estimate of drug-likeness (QED) is 0.805. The van der Waals surface area contributed by atoms with Crippen molar-refractivity contribution in [2.24, 2.45) is 0 Å². The molecule has 1 aromatic carbocycles. The minimum atomic E-state index is -2.88. The molecule has 0 aliphatic rings. The molecular weight excluding hydrogens is 268 g/mol. The highest BCUT2D eigenvalue weighted by Gasteiger charge is 2.17. The summed E-state index contributed by atoms with van der Waals surface area (Å²) in [5.74, 6) is 0.375. The number of ether oxygens (including phenoxy) is 1. The van der Waals surface area contributed by atoms with Gasteiger partial charge in [0.05, 0.1) is 0 Å². The second-order valence-electron chi connectivity index (χ2n) is 4.72. The maximum absolute atomic E-state index is 12.0. The molecule has 1 amide bonds. The minimum absolute atomic E-state index is 0.281. The lowest BCUT2D eigenvalue weighted by atomic mass is 10.0. The minimum Gasteiger partial charge on any atom is -0.484 e. The maximum atomic E-state index is 12.0. The fourth-order valence-corrected chi connectivity index (χ4v) is 1.46. The lowest BCUT2D eigenvalue weighted by molar-refractivity contribution is -0.124. The first kappa shape index (κ1) is 16.4. The molecule has 0 aliphatic heterocycles. The Labute approximate surface area is 116 Å². The van der Waals surface area contributed by atoms with Gasteiger partial charge in [-0.15, -0.1) is 0 Å². The first-order chi connectivity index (χ1) is 9.40. The van der Waals surface area contributed by atoms with Gasteiger partial charge < -0.3 is 15.2 Å². The summed E-state index contributed by atoms with van der Waals surface area (Å²) < 4.78 is 29.2. The van der Waals surface area contributed by atoms with Crippen molar-refractivity contribution in [2.75, 3.05) is 13.2 Å². The van der Waals surface area contributed by atoms with Gasteiger partial charge in [0.15, 0.2) is 6.61 Å². The monoisotopic (exact) mass is 287 g/mol. The number of aliphatic hydroxyl groups excluding tert-OH is 1. The van der Waals surface area contributed by atoms with E-state index < -0.39 is 25.0 Å². The van der Waals surface area contributed by atoms with E-state index in [1.807, 2.05) is 12.1 Å². The predicted molar refractivity (Wildman–Crippen MR) is 71.0 cm³/mol. The number of alkyl halides is 2. The van der Waals surface area contributed by atoms with E-state index in [4.69, 9.17) is 9.84 Å². The van der Waals surface area contributed by atoms with Gasteiger partial charge in [-0.25, -0.2) is 8.78 Å². The zero-order valence-corrected chi connectivity index (χ0v) is 11.5. The number of halogens is 2. The topological polar surface area (TPSA) is 58.6 Å². The summed E-state index contributed by atoms with van der Waals surface area (Å²) in [5.41, 5.74) is 1.15. The van der Waals surface area contributed by atoms with Crippen molar-refractivity contribution in [3.05, 3.63) is 29.8 Å². The summed E-state index contributed by atoms with van der Waals surface area (Å²) in [6.07, 6.45) is -4.73. The summed E-state index contributed by atoms with van der Waals surface area (Å²) in [7, 11) is 0. The number of benzene rings is 1. The summed E-state index contributed by atoms with van der Waals surface area (Å²) in [6.45, 7) is 3.36. The number of hydrogen-bond donors (Lipinski definition) is 2. The molecule has 0 heterocycles. The molecule has 6 heteroatoms. The molecule has 112 valence electrons. The molecule has 0 bridgehead atoms. The Morgan fingerprint density at radius 1 is 1.30 bits per heavy atom. The van der Waals surface area contributed by atoms with E-state index in [2.05, 4.69) is 19.2 Å². The summed E-state index contributed by atoms with van der Waals surface area (Å²) in [5, 5.41) is 11.0. The SMILES string of the molecule is CC(C)c1ccc(OCC(=O)NCC(O)C(F)F)cc1. The molecule has 0 saturated carbocycles. The molecule has 0 fully saturated rings. The van der Waals surface area contributed by atoms with Gasteiger partial charge in [-0.2, -0.15) is 0 Å². The number of aliphatic hydroxyl groups is 1. The van der Waals surface area contributed by atoms with E-state index in [0.717, 1.165) is 5.56 Å². The number of rotatable bonds is 7. The van der Waals surface area contributed by atoms with Gasteiger partial charge in [0.25, 0.3) is 12.3 Å². The van der Waals surface area contributed by atoms with Gasteiger partial charge >= 0.3 is 0 Å². The van der Waals surface area contributed by atoms with Crippen molar-refractivity contribution in [3.63, 3.8) is 0 Å². The van der Waals surface area contributed by atoms with Crippen LogP contribution in [0.25, 0.3) is 0 Å². The van der Waals surface area contributed by atoms with Crippen LogP contribution in [0.3, 0.4) is 0 Å². The average Bonchev–Trinajstić information content (AvgIpc) is 2.42. The molecule has 1 rings (SSSR count). The highest BCUT2D eigenvalue weighted by atomic mass is 19.3. The van der Waals surface area contributed by atoms with E-state index in [1.54, 1.807) is 12.1 Å². The zero-order valence-electron chi connectivity index (χ0n) is 11.5. The highest BCUT2D eigenvalue weighted by Crippen LogP contribution is 2.18. The molecule has 0 spiro atoms. The lowest BCUT2D eigenvalue weighted by Gasteiger charge is -2.11. The molecule has 1 unspecified atom stereocenters. The third kappa shape index (κ3) is 5.52. The molecule has 1 aromatic rings. The molecule has 20 heavy (non-hydrogen) atoms. The van der Waals surface area contributed by atoms with Crippen LogP contribution in [0.4, 0.5) is 8.78 Å². The maximum Gasteiger partial charge on any atom is 0.265 e. The van der Waals surface area contributed by atoms with Crippen LogP contribution in [-0.4, -0.2) is 36.7 Å². The molecule has 0 aliphatic carbocycles. The first-order valence-electron chi connectivity index (χ1n) is 6.35. The van der Waals surface area contributed by atoms with Crippen LogP contribution in [0, 0.1) is 0 Å². The Bertz CT molecular complexity index is 421. The van der Waals surface area contributed by atoms with Crippen molar-refractivity contribution in [1.82, 2.24) is 5.32 Å². The van der Waals surface area contributed by atoms with Crippen LogP contribution >= 0.6 is 0 Å². The molecular formula is C14H19F2NO3. The van der Waals surface area contributed by atoms with Crippen LogP contribution in [0.1, 0.15) is 25.3 Å². The van der Waals surface area contributed by atoms with Gasteiger partial charge in [-0.05, 0) is 23.6 Å². The standard InChI is InChI=1S/C14H19F2NO3/c1-9(2)10-3-5-11(6-4-10)20-8-13(19)17-7-12(18)14(15)16/h3-6,9,12,14,18H,7-8H2,1-2H3,(H,17,19). The summed E-state index contributed by atoms with van der Waals surface area (Å²) in [6, 6.07) is 7.30. The van der Waals surface area contributed by atoms with Crippen LogP contribution in [-0.2, 0) is 4.79 Å². The van der Waals surface area contributed by atoms with Crippen LogP contribution in [0.5, 0.6) is 5.75 Å². The fraction of sp³-hybridized carbons (Fsp3) is 0.500. The van der Waals surface area contributed by atoms with Gasteiger partial charge in [0, 0.05) is 6.54 Å². The molecule has 0 aromatic heterocycles. The molecule has 4 nitrogen and oxygen atoms in total. The van der Waals surface area contributed by atoms with Crippen LogP contribution < -0.4 is 10.1 Å². The second kappa shape index (κ2) is 7.79. The Hall–Kier alpha value is -1.69. The Morgan fingerprint density at radius 3 is 2.40 bits per heavy atom. The zero-order chi connectivity index (χ0) is 15.1. The van der Waals surface area contributed by atoms with Gasteiger partial charge in [-0.3, -0.25) is 4.79 Å². The second-order valence-corrected chi connectivity index (χ2v) is 4.72. The van der Waals surface area contributed by atoms with E-state index >= 15 is 0 Å². The Morgan fingerprint density at radius 2 is 1.90 bits per heavy atom.